The Morgan fingerprint density at radius 2 is 1.89 bits per heavy atom. The number of hydrogen-bond donors (Lipinski definition) is 1. The van der Waals surface area contributed by atoms with Gasteiger partial charge in [-0.15, -0.1) is 0 Å². The number of carbonyl (C=O) groups excluding carboxylic acids is 1. The van der Waals surface area contributed by atoms with Crippen molar-refractivity contribution >= 4 is 46.3 Å². The molecule has 1 fully saturated rings. The second-order valence-electron chi connectivity index (χ2n) is 7.91. The molecule has 1 amide bonds. The van der Waals surface area contributed by atoms with Crippen molar-refractivity contribution in [2.75, 3.05) is 13.2 Å². The van der Waals surface area contributed by atoms with Crippen LogP contribution in [0, 0.1) is 0 Å². The summed E-state index contributed by atoms with van der Waals surface area (Å²) >= 11 is 6.26. The van der Waals surface area contributed by atoms with Crippen molar-refractivity contribution in [2.45, 2.75) is 19.4 Å². The Hall–Kier alpha value is -3.69. The topological polar surface area (TPSA) is 89.0 Å². The van der Waals surface area contributed by atoms with E-state index in [1.54, 1.807) is 18.3 Å². The zero-order chi connectivity index (χ0) is 25.3. The number of thioether (sulfide) groups is 1. The molecule has 0 spiro atoms. The minimum Gasteiger partial charge on any atom is -0.493 e. The number of carbonyl (C=O) groups is 2. The number of aromatic nitrogens is 1. The van der Waals surface area contributed by atoms with Gasteiger partial charge in [-0.2, -0.15) is 0 Å². The summed E-state index contributed by atoms with van der Waals surface area (Å²) in [6.07, 6.45) is 5.13. The van der Waals surface area contributed by atoms with Crippen LogP contribution >= 0.6 is 24.0 Å². The number of pyridine rings is 1. The third kappa shape index (κ3) is 6.93. The Balaban J connectivity index is 1.49. The van der Waals surface area contributed by atoms with E-state index in [4.69, 9.17) is 26.8 Å². The molecule has 3 aromatic rings. The molecule has 36 heavy (non-hydrogen) atoms. The van der Waals surface area contributed by atoms with Crippen molar-refractivity contribution in [3.05, 3.63) is 94.7 Å². The summed E-state index contributed by atoms with van der Waals surface area (Å²) in [7, 11) is 0. The lowest BCUT2D eigenvalue weighted by Gasteiger charge is -2.13. The number of benzene rings is 2. The van der Waals surface area contributed by atoms with Crippen LogP contribution < -0.4 is 9.47 Å². The summed E-state index contributed by atoms with van der Waals surface area (Å²) in [4.78, 5) is 29.5. The molecule has 2 heterocycles. The van der Waals surface area contributed by atoms with E-state index in [2.05, 4.69) is 17.1 Å². The van der Waals surface area contributed by atoms with Crippen molar-refractivity contribution in [1.82, 2.24) is 9.88 Å². The minimum atomic E-state index is -1.12. The molecule has 0 unspecified atom stereocenters. The lowest BCUT2D eigenvalue weighted by atomic mass is 10.1. The molecule has 184 valence electrons. The summed E-state index contributed by atoms with van der Waals surface area (Å²) in [6.45, 7) is 0.307. The summed E-state index contributed by atoms with van der Waals surface area (Å²) < 4.78 is 12.2. The summed E-state index contributed by atoms with van der Waals surface area (Å²) in [5.74, 6) is -0.399. The largest absolute Gasteiger partial charge is 0.493 e. The molecule has 1 saturated heterocycles. The van der Waals surface area contributed by atoms with Gasteiger partial charge in [-0.05, 0) is 48.7 Å². The maximum atomic E-state index is 12.7. The van der Waals surface area contributed by atoms with Crippen molar-refractivity contribution in [3.8, 4) is 11.5 Å². The number of carboxylic acids is 1. The molecule has 1 aromatic heterocycles. The van der Waals surface area contributed by atoms with E-state index in [0.717, 1.165) is 35.2 Å². The van der Waals surface area contributed by atoms with E-state index < -0.39 is 18.4 Å². The average Bonchev–Trinajstić information content (AvgIpc) is 3.14. The average molecular weight is 521 g/mol. The fraction of sp³-hybridized carbons (Fsp3) is 0.185. The number of carboxylic acid groups (broad SMARTS) is 1. The second kappa shape index (κ2) is 12.3. The highest BCUT2D eigenvalue weighted by Crippen LogP contribution is 2.35. The molecular formula is C27H24N2O5S2. The molecule has 1 aliphatic rings. The first-order valence-electron chi connectivity index (χ1n) is 11.3. The number of thiocarbonyl (C=S) groups is 1. The Morgan fingerprint density at radius 3 is 2.64 bits per heavy atom. The van der Waals surface area contributed by atoms with Gasteiger partial charge in [0.15, 0.2) is 0 Å². The SMILES string of the molecule is O=C(O)CN1C(=O)C(=Cc2ccc(OCCCc3ccccc3)cc2OCc2ccccn2)SC1=S. The highest BCUT2D eigenvalue weighted by Gasteiger charge is 2.33. The molecule has 0 aliphatic carbocycles. The van der Waals surface area contributed by atoms with Crippen LogP contribution in [0.15, 0.2) is 77.8 Å². The molecule has 0 bridgehead atoms. The lowest BCUT2D eigenvalue weighted by molar-refractivity contribution is -0.140. The van der Waals surface area contributed by atoms with Crippen LogP contribution in [0.25, 0.3) is 6.08 Å². The van der Waals surface area contributed by atoms with E-state index in [9.17, 15) is 9.59 Å². The standard InChI is InChI=1S/C27H24N2O5S2/c30-25(31)17-29-26(32)24(36-27(29)35)15-20-11-12-22(33-14-6-9-19-7-2-1-3-8-19)16-23(20)34-18-21-10-4-5-13-28-21/h1-5,7-8,10-13,15-16H,6,9,14,17-18H2,(H,30,31). The van der Waals surface area contributed by atoms with E-state index in [1.165, 1.54) is 5.56 Å². The maximum Gasteiger partial charge on any atom is 0.323 e. The minimum absolute atomic E-state index is 0.211. The number of ether oxygens (including phenoxy) is 2. The Morgan fingerprint density at radius 1 is 1.08 bits per heavy atom. The van der Waals surface area contributed by atoms with Crippen molar-refractivity contribution in [1.29, 1.82) is 0 Å². The number of hydrogen-bond acceptors (Lipinski definition) is 7. The normalized spacial score (nSPS) is 14.3. The third-order valence-corrected chi connectivity index (χ3v) is 6.64. The Kier molecular flexibility index (Phi) is 8.70. The van der Waals surface area contributed by atoms with Gasteiger partial charge in [0.25, 0.3) is 5.91 Å². The van der Waals surface area contributed by atoms with Gasteiger partial charge < -0.3 is 14.6 Å². The number of amides is 1. The summed E-state index contributed by atoms with van der Waals surface area (Å²) in [5, 5.41) is 9.07. The van der Waals surface area contributed by atoms with Gasteiger partial charge >= 0.3 is 5.97 Å². The first-order valence-corrected chi connectivity index (χ1v) is 12.5. The van der Waals surface area contributed by atoms with Crippen LogP contribution in [-0.4, -0.2) is 44.3 Å². The van der Waals surface area contributed by atoms with Crippen LogP contribution in [0.1, 0.15) is 23.2 Å². The van der Waals surface area contributed by atoms with Crippen LogP contribution in [0.2, 0.25) is 0 Å². The zero-order valence-electron chi connectivity index (χ0n) is 19.3. The molecule has 1 N–H and O–H groups in total. The molecule has 7 nitrogen and oxygen atoms in total. The molecule has 2 aromatic carbocycles. The first-order chi connectivity index (χ1) is 17.5. The molecule has 0 saturated carbocycles. The van der Waals surface area contributed by atoms with E-state index in [-0.39, 0.29) is 10.9 Å². The number of aliphatic carboxylic acids is 1. The fourth-order valence-corrected chi connectivity index (χ4v) is 4.75. The quantitative estimate of drug-likeness (QED) is 0.216. The van der Waals surface area contributed by atoms with E-state index >= 15 is 0 Å². The van der Waals surface area contributed by atoms with Gasteiger partial charge in [0.2, 0.25) is 0 Å². The van der Waals surface area contributed by atoms with E-state index in [0.29, 0.717) is 28.6 Å². The highest BCUT2D eigenvalue weighted by molar-refractivity contribution is 8.26. The number of nitrogens with zero attached hydrogens (tertiary/aromatic N) is 2. The number of rotatable bonds is 11. The monoisotopic (exact) mass is 520 g/mol. The highest BCUT2D eigenvalue weighted by atomic mass is 32.2. The smallest absolute Gasteiger partial charge is 0.323 e. The molecule has 0 atom stereocenters. The molecule has 4 rings (SSSR count). The maximum absolute atomic E-state index is 12.7. The van der Waals surface area contributed by atoms with Gasteiger partial charge in [0, 0.05) is 17.8 Å². The first kappa shape index (κ1) is 25.4. The van der Waals surface area contributed by atoms with Crippen LogP contribution in [-0.2, 0) is 22.6 Å². The zero-order valence-corrected chi connectivity index (χ0v) is 21.0. The predicted octanol–water partition coefficient (Wildman–Crippen LogP) is 4.96. The summed E-state index contributed by atoms with van der Waals surface area (Å²) in [6, 6.07) is 21.2. The molecule has 9 heteroatoms. The Labute approximate surface area is 218 Å². The van der Waals surface area contributed by atoms with E-state index in [1.807, 2.05) is 48.5 Å². The lowest BCUT2D eigenvalue weighted by Crippen LogP contribution is -2.33. The van der Waals surface area contributed by atoms with Gasteiger partial charge in [0.1, 0.15) is 29.0 Å². The second-order valence-corrected chi connectivity index (χ2v) is 9.58. The van der Waals surface area contributed by atoms with Gasteiger partial charge in [-0.3, -0.25) is 19.5 Å². The van der Waals surface area contributed by atoms with Crippen molar-refractivity contribution in [2.24, 2.45) is 0 Å². The number of aryl methyl sites for hydroxylation is 1. The van der Waals surface area contributed by atoms with Crippen molar-refractivity contribution < 1.29 is 24.2 Å². The summed E-state index contributed by atoms with van der Waals surface area (Å²) in [5.41, 5.74) is 2.67. The van der Waals surface area contributed by atoms with Crippen LogP contribution in [0.5, 0.6) is 11.5 Å². The third-order valence-electron chi connectivity index (χ3n) is 5.26. The molecular weight excluding hydrogens is 496 g/mol. The Bertz CT molecular complexity index is 1270. The van der Waals surface area contributed by atoms with Gasteiger partial charge in [0.05, 0.1) is 17.2 Å². The van der Waals surface area contributed by atoms with Crippen LogP contribution in [0.4, 0.5) is 0 Å². The molecule has 0 radical (unpaired) electrons. The van der Waals surface area contributed by atoms with Crippen LogP contribution in [0.3, 0.4) is 0 Å². The predicted molar refractivity (Wildman–Crippen MR) is 143 cm³/mol. The van der Waals surface area contributed by atoms with Crippen molar-refractivity contribution in [3.63, 3.8) is 0 Å². The fourth-order valence-electron chi connectivity index (χ4n) is 3.51. The molecule has 1 aliphatic heterocycles. The van der Waals surface area contributed by atoms with Gasteiger partial charge in [-0.1, -0.05) is 60.4 Å². The van der Waals surface area contributed by atoms with Gasteiger partial charge in [-0.25, -0.2) is 0 Å².